The zero-order chi connectivity index (χ0) is 36.4. The van der Waals surface area contributed by atoms with Gasteiger partial charge in [-0.2, -0.15) is 0 Å². The Labute approximate surface area is 317 Å². The molecule has 0 aliphatic carbocycles. The van der Waals surface area contributed by atoms with E-state index in [4.69, 9.17) is 9.98 Å². The highest BCUT2D eigenvalue weighted by Crippen LogP contribution is 2.35. The summed E-state index contributed by atoms with van der Waals surface area (Å²) in [6, 6.07) is 75.4. The zero-order valence-corrected chi connectivity index (χ0v) is 29.7. The van der Waals surface area contributed by atoms with Gasteiger partial charge >= 0.3 is 0 Å². The lowest BCUT2D eigenvalue weighted by Crippen LogP contribution is -2.09. The third-order valence-corrected chi connectivity index (χ3v) is 9.15. The van der Waals surface area contributed by atoms with E-state index >= 15 is 0 Å². The molecule has 0 radical (unpaired) electrons. The highest BCUT2D eigenvalue weighted by molar-refractivity contribution is 5.86. The monoisotopic (exact) mass is 694 g/mol. The molecule has 4 heteroatoms. The number of nitrogens with zero attached hydrogens (tertiary/aromatic N) is 4. The summed E-state index contributed by atoms with van der Waals surface area (Å²) in [5.74, 6) is 0. The predicted octanol–water partition coefficient (Wildman–Crippen LogP) is 13.8. The lowest BCUT2D eigenvalue weighted by molar-refractivity contribution is 1.28. The van der Waals surface area contributed by atoms with Crippen molar-refractivity contribution in [3.63, 3.8) is 0 Å². The van der Waals surface area contributed by atoms with E-state index in [1.807, 2.05) is 36.7 Å². The maximum atomic E-state index is 4.75. The number of para-hydroxylation sites is 4. The van der Waals surface area contributed by atoms with Crippen LogP contribution in [0.1, 0.15) is 11.1 Å². The van der Waals surface area contributed by atoms with Gasteiger partial charge in [-0.25, -0.2) is 0 Å². The average Bonchev–Trinajstić information content (AvgIpc) is 3.25. The fourth-order valence-electron chi connectivity index (χ4n) is 6.40. The van der Waals surface area contributed by atoms with E-state index in [1.54, 1.807) is 0 Å². The molecule has 0 unspecified atom stereocenters. The van der Waals surface area contributed by atoms with Crippen molar-refractivity contribution in [1.29, 1.82) is 0 Å². The summed E-state index contributed by atoms with van der Waals surface area (Å²) < 4.78 is 0. The molecular formula is C50H38N4. The van der Waals surface area contributed by atoms with Crippen LogP contribution < -0.4 is 9.80 Å². The van der Waals surface area contributed by atoms with Crippen LogP contribution in [-0.2, 0) is 0 Å². The Morgan fingerprint density at radius 3 is 0.796 bits per heavy atom. The van der Waals surface area contributed by atoms with E-state index in [2.05, 4.69) is 204 Å². The quantitative estimate of drug-likeness (QED) is 0.126. The normalized spacial score (nSPS) is 11.2. The van der Waals surface area contributed by atoms with Crippen molar-refractivity contribution in [2.45, 2.75) is 0 Å². The number of hydrogen-bond acceptors (Lipinski definition) is 4. The molecule has 258 valence electrons. The molecule has 0 amide bonds. The average molecular weight is 695 g/mol. The summed E-state index contributed by atoms with van der Waals surface area (Å²) in [4.78, 5) is 14.0. The van der Waals surface area contributed by atoms with Crippen LogP contribution in [0.5, 0.6) is 0 Å². The molecule has 0 aromatic heterocycles. The fraction of sp³-hybridized carbons (Fsp3) is 0. The fourth-order valence-corrected chi connectivity index (χ4v) is 6.40. The highest BCUT2D eigenvalue weighted by atomic mass is 15.1. The number of anilines is 6. The van der Waals surface area contributed by atoms with Crippen molar-refractivity contribution in [2.24, 2.45) is 9.98 Å². The molecule has 0 saturated carbocycles. The molecule has 54 heavy (non-hydrogen) atoms. The molecule has 0 N–H and O–H groups in total. The first kappa shape index (κ1) is 33.8. The molecule has 0 atom stereocenters. The summed E-state index contributed by atoms with van der Waals surface area (Å²) >= 11 is 0. The number of benzene rings is 8. The zero-order valence-electron chi connectivity index (χ0n) is 29.7. The molecule has 0 bridgehead atoms. The summed E-state index contributed by atoms with van der Waals surface area (Å²) in [6.45, 7) is 0. The van der Waals surface area contributed by atoms with Gasteiger partial charge in [-0.1, -0.05) is 121 Å². The predicted molar refractivity (Wildman–Crippen MR) is 229 cm³/mol. The van der Waals surface area contributed by atoms with E-state index in [0.29, 0.717) is 0 Å². The van der Waals surface area contributed by atoms with Crippen molar-refractivity contribution in [3.8, 4) is 11.1 Å². The van der Waals surface area contributed by atoms with Gasteiger partial charge in [0.25, 0.3) is 0 Å². The van der Waals surface area contributed by atoms with Gasteiger partial charge in [-0.05, 0) is 119 Å². The smallest absolute Gasteiger partial charge is 0.0630 e. The van der Waals surface area contributed by atoms with Crippen molar-refractivity contribution in [3.05, 3.63) is 230 Å². The topological polar surface area (TPSA) is 31.2 Å². The van der Waals surface area contributed by atoms with Gasteiger partial charge in [-0.15, -0.1) is 0 Å². The minimum Gasteiger partial charge on any atom is -0.311 e. The molecule has 8 aromatic carbocycles. The third kappa shape index (κ3) is 8.09. The van der Waals surface area contributed by atoms with Gasteiger partial charge in [0.2, 0.25) is 0 Å². The summed E-state index contributed by atoms with van der Waals surface area (Å²) in [5, 5.41) is 0. The Morgan fingerprint density at radius 2 is 0.519 bits per heavy atom. The Balaban J connectivity index is 0.904. The minimum absolute atomic E-state index is 0.904. The van der Waals surface area contributed by atoms with E-state index in [9.17, 15) is 0 Å². The van der Waals surface area contributed by atoms with Gasteiger partial charge in [0.1, 0.15) is 0 Å². The van der Waals surface area contributed by atoms with Gasteiger partial charge < -0.3 is 9.80 Å². The molecule has 0 heterocycles. The second kappa shape index (κ2) is 16.4. The molecule has 4 nitrogen and oxygen atoms in total. The van der Waals surface area contributed by atoms with E-state index in [0.717, 1.165) is 67.8 Å². The number of hydrogen-bond donors (Lipinski definition) is 0. The van der Waals surface area contributed by atoms with Gasteiger partial charge in [0, 0.05) is 46.6 Å². The third-order valence-electron chi connectivity index (χ3n) is 9.15. The van der Waals surface area contributed by atoms with Gasteiger partial charge in [0.15, 0.2) is 0 Å². The SMILES string of the molecule is C(=Nc1ccc(-c2ccc(N=Cc3ccc(N(c4ccccc4)c4ccccc4)cc3)cc2)cc1)c1ccc(N(c2ccccc2)c2ccccc2)cc1. The maximum Gasteiger partial charge on any atom is 0.0630 e. The van der Waals surface area contributed by atoms with Crippen LogP contribution in [0.15, 0.2) is 228 Å². The Kier molecular flexibility index (Phi) is 10.2. The first-order valence-electron chi connectivity index (χ1n) is 18.1. The first-order valence-corrected chi connectivity index (χ1v) is 18.1. The van der Waals surface area contributed by atoms with E-state index in [1.165, 1.54) is 0 Å². The molecule has 0 saturated heterocycles. The largest absolute Gasteiger partial charge is 0.311 e. The van der Waals surface area contributed by atoms with Crippen molar-refractivity contribution >= 4 is 57.9 Å². The lowest BCUT2D eigenvalue weighted by Gasteiger charge is -2.25. The Bertz CT molecular complexity index is 2170. The van der Waals surface area contributed by atoms with E-state index in [-0.39, 0.29) is 0 Å². The van der Waals surface area contributed by atoms with Crippen molar-refractivity contribution < 1.29 is 0 Å². The summed E-state index contributed by atoms with van der Waals surface area (Å²) in [6.07, 6.45) is 3.83. The highest BCUT2D eigenvalue weighted by Gasteiger charge is 2.13. The minimum atomic E-state index is 0.904. The lowest BCUT2D eigenvalue weighted by atomic mass is 10.1. The number of aliphatic imine (C=N–C) groups is 2. The van der Waals surface area contributed by atoms with Crippen LogP contribution in [0, 0.1) is 0 Å². The van der Waals surface area contributed by atoms with Crippen LogP contribution in [0.3, 0.4) is 0 Å². The molecular weight excluding hydrogens is 657 g/mol. The molecule has 0 fully saturated rings. The van der Waals surface area contributed by atoms with E-state index < -0.39 is 0 Å². The van der Waals surface area contributed by atoms with Crippen molar-refractivity contribution in [1.82, 2.24) is 0 Å². The van der Waals surface area contributed by atoms with Gasteiger partial charge in [0.05, 0.1) is 11.4 Å². The number of rotatable bonds is 11. The maximum absolute atomic E-state index is 4.75. The summed E-state index contributed by atoms with van der Waals surface area (Å²) in [5.41, 5.74) is 12.8. The molecule has 0 aliphatic heterocycles. The first-order chi connectivity index (χ1) is 26.8. The molecule has 8 rings (SSSR count). The van der Waals surface area contributed by atoms with Gasteiger partial charge in [-0.3, -0.25) is 9.98 Å². The Morgan fingerprint density at radius 1 is 0.259 bits per heavy atom. The molecule has 0 aliphatic rings. The van der Waals surface area contributed by atoms with Crippen molar-refractivity contribution in [2.75, 3.05) is 9.80 Å². The Hall–Kier alpha value is -7.30. The second-order valence-electron chi connectivity index (χ2n) is 12.8. The second-order valence-corrected chi connectivity index (χ2v) is 12.8. The van der Waals surface area contributed by atoms with Crippen LogP contribution in [0.2, 0.25) is 0 Å². The summed E-state index contributed by atoms with van der Waals surface area (Å²) in [7, 11) is 0. The standard InChI is InChI=1S/C50H38N4/c1-5-13-45(14-6-1)53(46-15-7-2-8-16-46)49-33-21-39(22-34-49)37-51-43-29-25-41(26-30-43)42-27-31-44(32-28-42)52-38-40-23-35-50(36-24-40)54(47-17-9-3-10-18-47)48-19-11-4-12-20-48/h1-38H. The van der Waals surface area contributed by atoms with Crippen LogP contribution in [0.25, 0.3) is 11.1 Å². The van der Waals surface area contributed by atoms with Crippen LogP contribution in [-0.4, -0.2) is 12.4 Å². The van der Waals surface area contributed by atoms with Crippen LogP contribution >= 0.6 is 0 Å². The molecule has 8 aromatic rings. The molecule has 0 spiro atoms. The van der Waals surface area contributed by atoms with Crippen LogP contribution in [0.4, 0.5) is 45.5 Å².